The van der Waals surface area contributed by atoms with Crippen LogP contribution < -0.4 is 0 Å². The van der Waals surface area contributed by atoms with Crippen LogP contribution in [0.2, 0.25) is 0 Å². The second-order valence-corrected chi connectivity index (χ2v) is 3.83. The minimum Gasteiger partial charge on any atom is -0.394 e. The quantitative estimate of drug-likeness (QED) is 0.432. The van der Waals surface area contributed by atoms with Crippen molar-refractivity contribution in [2.75, 3.05) is 6.61 Å². The summed E-state index contributed by atoms with van der Waals surface area (Å²) < 4.78 is 5.21. The van der Waals surface area contributed by atoms with Gasteiger partial charge in [-0.15, -0.1) is 0 Å². The van der Waals surface area contributed by atoms with Gasteiger partial charge in [0.1, 0.15) is 12.2 Å². The Balaban J connectivity index is 2.69. The summed E-state index contributed by atoms with van der Waals surface area (Å²) in [6.45, 7) is -0.388. The van der Waals surface area contributed by atoms with E-state index in [4.69, 9.17) is 15.1 Å². The summed E-state index contributed by atoms with van der Waals surface area (Å²) >= 11 is 4.06. The summed E-state index contributed by atoms with van der Waals surface area (Å²) in [5.41, 5.74) is 0. The summed E-state index contributed by atoms with van der Waals surface area (Å²) in [6, 6.07) is 1.90. The van der Waals surface area contributed by atoms with Crippen molar-refractivity contribution in [2.45, 2.75) is 36.1 Å². The maximum Gasteiger partial charge on any atom is 0.109 e. The summed E-state index contributed by atoms with van der Waals surface area (Å²) in [7, 11) is 0. The molecule has 0 spiro atoms. The van der Waals surface area contributed by atoms with Crippen LogP contribution in [0.5, 0.6) is 0 Å². The molecular weight excluding hydrogens is 206 g/mol. The smallest absolute Gasteiger partial charge is 0.109 e. The van der Waals surface area contributed by atoms with Gasteiger partial charge in [-0.25, -0.2) is 0 Å². The van der Waals surface area contributed by atoms with Crippen molar-refractivity contribution < 1.29 is 20.1 Å². The monoisotopic (exact) mass is 219 g/mol. The van der Waals surface area contributed by atoms with E-state index >= 15 is 0 Å². The minimum atomic E-state index is -1.16. The number of rotatable bonds is 2. The molecule has 1 aliphatic heterocycles. The summed E-state index contributed by atoms with van der Waals surface area (Å²) in [5, 5.41) is 35.7. The molecule has 0 amide bonds. The molecule has 1 fully saturated rings. The van der Waals surface area contributed by atoms with Gasteiger partial charge in [-0.1, -0.05) is 0 Å². The van der Waals surface area contributed by atoms with E-state index in [1.54, 1.807) is 0 Å². The first kappa shape index (κ1) is 11.8. The van der Waals surface area contributed by atoms with E-state index in [0.29, 0.717) is 0 Å². The van der Waals surface area contributed by atoms with Gasteiger partial charge in [0.05, 0.1) is 36.6 Å². The lowest BCUT2D eigenvalue weighted by Gasteiger charge is -2.39. The highest BCUT2D eigenvalue weighted by Crippen LogP contribution is 2.26. The van der Waals surface area contributed by atoms with Crippen LogP contribution >= 0.6 is 12.6 Å². The van der Waals surface area contributed by atoms with Gasteiger partial charge >= 0.3 is 0 Å². The van der Waals surface area contributed by atoms with E-state index in [0.717, 1.165) is 0 Å². The van der Waals surface area contributed by atoms with Crippen molar-refractivity contribution in [3.8, 4) is 6.07 Å². The van der Waals surface area contributed by atoms with E-state index in [2.05, 4.69) is 12.6 Å². The SMILES string of the molecule is N#CC[C@@H]1O[C@H](CO)[C@H](O)[C@H](O)[C@H]1S. The molecule has 0 aliphatic carbocycles. The Kier molecular flexibility index (Phi) is 4.16. The maximum absolute atomic E-state index is 9.52. The van der Waals surface area contributed by atoms with Crippen LogP contribution in [0.4, 0.5) is 0 Å². The van der Waals surface area contributed by atoms with Gasteiger partial charge in [0.25, 0.3) is 0 Å². The first-order valence-electron chi connectivity index (χ1n) is 4.29. The number of aliphatic hydroxyl groups is 3. The fraction of sp³-hybridized carbons (Fsp3) is 0.875. The van der Waals surface area contributed by atoms with Gasteiger partial charge < -0.3 is 20.1 Å². The Morgan fingerprint density at radius 2 is 1.93 bits per heavy atom. The zero-order valence-electron chi connectivity index (χ0n) is 7.45. The Labute approximate surface area is 87.3 Å². The maximum atomic E-state index is 9.52. The molecule has 1 saturated heterocycles. The first-order valence-corrected chi connectivity index (χ1v) is 4.81. The van der Waals surface area contributed by atoms with Gasteiger partial charge in [-0.2, -0.15) is 17.9 Å². The molecule has 0 aromatic rings. The first-order chi connectivity index (χ1) is 6.61. The molecule has 1 rings (SSSR count). The van der Waals surface area contributed by atoms with E-state index < -0.39 is 29.7 Å². The second-order valence-electron chi connectivity index (χ2n) is 3.23. The number of hydrogen-bond acceptors (Lipinski definition) is 6. The van der Waals surface area contributed by atoms with Crippen LogP contribution in [0.1, 0.15) is 6.42 Å². The fourth-order valence-corrected chi connectivity index (χ4v) is 1.79. The molecule has 6 heteroatoms. The largest absolute Gasteiger partial charge is 0.394 e. The van der Waals surface area contributed by atoms with Crippen molar-refractivity contribution in [3.05, 3.63) is 0 Å². The highest BCUT2D eigenvalue weighted by Gasteiger charge is 2.42. The summed E-state index contributed by atoms with van der Waals surface area (Å²) in [4.78, 5) is 0. The zero-order chi connectivity index (χ0) is 10.7. The summed E-state index contributed by atoms with van der Waals surface area (Å²) in [5.74, 6) is 0. The number of hydrogen-bond donors (Lipinski definition) is 4. The lowest BCUT2D eigenvalue weighted by molar-refractivity contribution is -0.173. The van der Waals surface area contributed by atoms with Gasteiger partial charge in [0.15, 0.2) is 0 Å². The molecular formula is C8H13NO4S. The Morgan fingerprint density at radius 3 is 2.43 bits per heavy atom. The normalized spacial score (nSPS) is 43.2. The van der Waals surface area contributed by atoms with E-state index in [-0.39, 0.29) is 13.0 Å². The zero-order valence-corrected chi connectivity index (χ0v) is 8.34. The van der Waals surface area contributed by atoms with E-state index in [9.17, 15) is 10.2 Å². The van der Waals surface area contributed by atoms with Crippen LogP contribution in [0.25, 0.3) is 0 Å². The van der Waals surface area contributed by atoms with Crippen LogP contribution in [0.3, 0.4) is 0 Å². The van der Waals surface area contributed by atoms with Crippen molar-refractivity contribution in [1.29, 1.82) is 5.26 Å². The van der Waals surface area contributed by atoms with Crippen LogP contribution in [-0.4, -0.2) is 51.6 Å². The molecule has 3 N–H and O–H groups in total. The number of thiol groups is 1. The third-order valence-corrected chi connectivity index (χ3v) is 2.92. The van der Waals surface area contributed by atoms with Gasteiger partial charge in [0, 0.05) is 0 Å². The third-order valence-electron chi connectivity index (χ3n) is 2.28. The van der Waals surface area contributed by atoms with Crippen molar-refractivity contribution in [3.63, 3.8) is 0 Å². The molecule has 0 unspecified atom stereocenters. The molecule has 0 bridgehead atoms. The molecule has 0 aromatic heterocycles. The molecule has 80 valence electrons. The highest BCUT2D eigenvalue weighted by molar-refractivity contribution is 7.81. The molecule has 5 atom stereocenters. The van der Waals surface area contributed by atoms with E-state index in [1.165, 1.54) is 0 Å². The van der Waals surface area contributed by atoms with Crippen molar-refractivity contribution in [1.82, 2.24) is 0 Å². The van der Waals surface area contributed by atoms with Crippen LogP contribution in [0, 0.1) is 11.3 Å². The predicted molar refractivity (Wildman–Crippen MR) is 50.8 cm³/mol. The third kappa shape index (κ3) is 2.19. The second kappa shape index (κ2) is 4.96. The standard InChI is InChI=1S/C8H13NO4S/c9-2-1-4-8(14)7(12)6(11)5(3-10)13-4/h4-8,10-12,14H,1,3H2/t4-,5+,6-,7-,8-/m0/s1. The number of aliphatic hydroxyl groups excluding tert-OH is 3. The Morgan fingerprint density at radius 1 is 1.29 bits per heavy atom. The molecule has 0 saturated carbocycles. The molecule has 0 aromatic carbocycles. The number of nitriles is 1. The Bertz CT molecular complexity index is 230. The number of ether oxygens (including phenoxy) is 1. The van der Waals surface area contributed by atoms with Crippen LogP contribution in [0.15, 0.2) is 0 Å². The number of nitrogens with zero attached hydrogens (tertiary/aromatic N) is 1. The topological polar surface area (TPSA) is 93.7 Å². The molecule has 14 heavy (non-hydrogen) atoms. The van der Waals surface area contributed by atoms with Gasteiger partial charge in [-0.3, -0.25) is 0 Å². The highest BCUT2D eigenvalue weighted by atomic mass is 32.1. The van der Waals surface area contributed by atoms with Gasteiger partial charge in [0.2, 0.25) is 0 Å². The lowest BCUT2D eigenvalue weighted by atomic mass is 9.96. The fourth-order valence-electron chi connectivity index (χ4n) is 1.44. The molecule has 1 aliphatic rings. The summed E-state index contributed by atoms with van der Waals surface area (Å²) in [6.07, 6.45) is -3.56. The molecule has 5 nitrogen and oxygen atoms in total. The minimum absolute atomic E-state index is 0.0778. The molecule has 0 radical (unpaired) electrons. The van der Waals surface area contributed by atoms with Crippen LogP contribution in [-0.2, 0) is 4.74 Å². The Hall–Kier alpha value is -0.320. The average Bonchev–Trinajstić information content (AvgIpc) is 2.19. The average molecular weight is 219 g/mol. The van der Waals surface area contributed by atoms with Gasteiger partial charge in [-0.05, 0) is 0 Å². The molecule has 1 heterocycles. The van der Waals surface area contributed by atoms with Crippen molar-refractivity contribution >= 4 is 12.6 Å². The lowest BCUT2D eigenvalue weighted by Crippen LogP contribution is -2.56. The predicted octanol–water partition coefficient (Wildman–Crippen LogP) is -1.32. The van der Waals surface area contributed by atoms with E-state index in [1.807, 2.05) is 6.07 Å². The van der Waals surface area contributed by atoms with Crippen molar-refractivity contribution in [2.24, 2.45) is 0 Å².